The van der Waals surface area contributed by atoms with Gasteiger partial charge in [0.1, 0.15) is 10.6 Å². The van der Waals surface area contributed by atoms with E-state index >= 15 is 0 Å². The third-order valence-corrected chi connectivity index (χ3v) is 5.41. The Hall–Kier alpha value is -1.37. The summed E-state index contributed by atoms with van der Waals surface area (Å²) in [5, 5.41) is 3.04. The lowest BCUT2D eigenvalue weighted by Gasteiger charge is -2.26. The van der Waals surface area contributed by atoms with Crippen molar-refractivity contribution in [1.82, 2.24) is 9.62 Å². The first kappa shape index (κ1) is 16.0. The van der Waals surface area contributed by atoms with E-state index < -0.39 is 10.0 Å². The van der Waals surface area contributed by atoms with E-state index in [-0.39, 0.29) is 4.90 Å². The molecule has 1 aliphatic heterocycles. The predicted octanol–water partition coefficient (Wildman–Crippen LogP) is 1.76. The van der Waals surface area contributed by atoms with Crippen LogP contribution < -0.4 is 10.1 Å². The molecule has 0 saturated carbocycles. The minimum absolute atomic E-state index is 0.236. The molecule has 0 fully saturated rings. The van der Waals surface area contributed by atoms with Crippen molar-refractivity contribution in [2.24, 2.45) is 0 Å². The fraction of sp³-hybridized carbons (Fsp3) is 0.467. The Balaban J connectivity index is 2.37. The number of benzene rings is 1. The van der Waals surface area contributed by atoms with Crippen molar-refractivity contribution in [3.63, 3.8) is 0 Å². The van der Waals surface area contributed by atoms with Gasteiger partial charge in [0.2, 0.25) is 10.0 Å². The third-order valence-electron chi connectivity index (χ3n) is 3.52. The van der Waals surface area contributed by atoms with Crippen LogP contribution in [-0.4, -0.2) is 40.0 Å². The molecule has 21 heavy (non-hydrogen) atoms. The van der Waals surface area contributed by atoms with Gasteiger partial charge in [-0.3, -0.25) is 0 Å². The van der Waals surface area contributed by atoms with Gasteiger partial charge in [0.05, 0.1) is 7.11 Å². The smallest absolute Gasteiger partial charge is 0.247 e. The highest BCUT2D eigenvalue weighted by Gasteiger charge is 2.28. The summed E-state index contributed by atoms with van der Waals surface area (Å²) in [4.78, 5) is 0.236. The van der Waals surface area contributed by atoms with Crippen molar-refractivity contribution >= 4 is 10.0 Å². The van der Waals surface area contributed by atoms with Gasteiger partial charge in [0.15, 0.2) is 0 Å². The molecular weight excluding hydrogens is 288 g/mol. The van der Waals surface area contributed by atoms with Gasteiger partial charge in [-0.25, -0.2) is 8.42 Å². The molecule has 2 rings (SSSR count). The van der Waals surface area contributed by atoms with Gasteiger partial charge < -0.3 is 10.1 Å². The second kappa shape index (κ2) is 6.60. The van der Waals surface area contributed by atoms with E-state index in [1.54, 1.807) is 12.1 Å². The molecule has 116 valence electrons. The van der Waals surface area contributed by atoms with Crippen molar-refractivity contribution < 1.29 is 13.2 Å². The number of nitrogens with zero attached hydrogens (tertiary/aromatic N) is 1. The van der Waals surface area contributed by atoms with E-state index in [0.29, 0.717) is 25.4 Å². The molecule has 1 aromatic carbocycles. The molecule has 0 bridgehead atoms. The molecule has 0 aliphatic carbocycles. The molecule has 0 saturated heterocycles. The van der Waals surface area contributed by atoms with Gasteiger partial charge >= 0.3 is 0 Å². The molecule has 1 N–H and O–H groups in total. The molecular formula is C15H22N2O3S. The monoisotopic (exact) mass is 310 g/mol. The molecule has 0 aromatic heterocycles. The molecule has 1 aromatic rings. The molecule has 1 heterocycles. The van der Waals surface area contributed by atoms with Crippen LogP contribution in [0.5, 0.6) is 5.75 Å². The van der Waals surface area contributed by atoms with Crippen LogP contribution in [0.2, 0.25) is 0 Å². The van der Waals surface area contributed by atoms with Gasteiger partial charge in [0, 0.05) is 19.6 Å². The minimum Gasteiger partial charge on any atom is -0.495 e. The first-order valence-electron chi connectivity index (χ1n) is 6.96. The predicted molar refractivity (Wildman–Crippen MR) is 82.9 cm³/mol. The van der Waals surface area contributed by atoms with Crippen LogP contribution in [-0.2, 0) is 16.6 Å². The first-order chi connectivity index (χ1) is 9.98. The molecule has 5 nitrogen and oxygen atoms in total. The summed E-state index contributed by atoms with van der Waals surface area (Å²) in [5.74, 6) is 0.398. The van der Waals surface area contributed by atoms with E-state index in [9.17, 15) is 8.42 Å². The normalized spacial score (nSPS) is 16.6. The fourth-order valence-electron chi connectivity index (χ4n) is 2.46. The summed E-state index contributed by atoms with van der Waals surface area (Å²) in [7, 11) is -0.176. The minimum atomic E-state index is -3.52. The standard InChI is InChI=1S/C15H22N2O3S/c1-12-5-4-8-17(11-12)21(18,19)15-7-6-13(10-16-2)9-14(15)20-3/h5-7,9,16H,4,8,10-11H2,1-3H3. The lowest BCUT2D eigenvalue weighted by atomic mass is 10.2. The van der Waals surface area contributed by atoms with Crippen molar-refractivity contribution in [1.29, 1.82) is 0 Å². The summed E-state index contributed by atoms with van der Waals surface area (Å²) >= 11 is 0. The van der Waals surface area contributed by atoms with E-state index in [1.807, 2.05) is 20.0 Å². The average Bonchev–Trinajstić information content (AvgIpc) is 2.47. The Morgan fingerprint density at radius 2 is 2.14 bits per heavy atom. The van der Waals surface area contributed by atoms with Crippen LogP contribution in [0.15, 0.2) is 34.7 Å². The van der Waals surface area contributed by atoms with Crippen molar-refractivity contribution in [3.05, 3.63) is 35.4 Å². The number of sulfonamides is 1. The number of methoxy groups -OCH3 is 1. The van der Waals surface area contributed by atoms with E-state index in [4.69, 9.17) is 4.74 Å². The second-order valence-electron chi connectivity index (χ2n) is 5.19. The molecule has 0 atom stereocenters. The van der Waals surface area contributed by atoms with E-state index in [0.717, 1.165) is 17.6 Å². The fourth-order valence-corrected chi connectivity index (χ4v) is 4.09. The maximum atomic E-state index is 12.8. The third kappa shape index (κ3) is 3.45. The highest BCUT2D eigenvalue weighted by atomic mass is 32.2. The Labute approximate surface area is 126 Å². The SMILES string of the molecule is CNCc1ccc(S(=O)(=O)N2CCC=C(C)C2)c(OC)c1. The zero-order valence-electron chi connectivity index (χ0n) is 12.7. The molecule has 0 unspecified atom stereocenters. The molecule has 0 radical (unpaired) electrons. The van der Waals surface area contributed by atoms with Crippen molar-refractivity contribution in [3.8, 4) is 5.75 Å². The zero-order valence-corrected chi connectivity index (χ0v) is 13.5. The Kier molecular flexibility index (Phi) is 5.03. The Morgan fingerprint density at radius 1 is 1.38 bits per heavy atom. The lowest BCUT2D eigenvalue weighted by molar-refractivity contribution is 0.392. The van der Waals surface area contributed by atoms with Gasteiger partial charge in [0.25, 0.3) is 0 Å². The lowest BCUT2D eigenvalue weighted by Crippen LogP contribution is -2.35. The molecule has 0 spiro atoms. The van der Waals surface area contributed by atoms with Gasteiger partial charge in [-0.1, -0.05) is 17.7 Å². The van der Waals surface area contributed by atoms with Crippen LogP contribution in [0.25, 0.3) is 0 Å². The molecule has 0 amide bonds. The van der Waals surface area contributed by atoms with Crippen LogP contribution in [0, 0.1) is 0 Å². The van der Waals surface area contributed by atoms with Crippen LogP contribution in [0.1, 0.15) is 18.9 Å². The summed E-state index contributed by atoms with van der Waals surface area (Å²) in [5.41, 5.74) is 2.07. The average molecular weight is 310 g/mol. The number of hydrogen-bond donors (Lipinski definition) is 1. The Morgan fingerprint density at radius 3 is 2.76 bits per heavy atom. The largest absolute Gasteiger partial charge is 0.495 e. The highest BCUT2D eigenvalue weighted by Crippen LogP contribution is 2.29. The molecule has 6 heteroatoms. The summed E-state index contributed by atoms with van der Waals surface area (Å²) in [6.07, 6.45) is 2.84. The summed E-state index contributed by atoms with van der Waals surface area (Å²) < 4.78 is 32.4. The maximum absolute atomic E-state index is 12.8. The number of nitrogens with one attached hydrogen (secondary N) is 1. The number of rotatable bonds is 5. The molecule has 1 aliphatic rings. The zero-order chi connectivity index (χ0) is 15.5. The van der Waals surface area contributed by atoms with Crippen LogP contribution in [0.3, 0.4) is 0 Å². The topological polar surface area (TPSA) is 58.6 Å². The van der Waals surface area contributed by atoms with Gasteiger partial charge in [-0.05, 0) is 38.1 Å². The van der Waals surface area contributed by atoms with Crippen LogP contribution in [0.4, 0.5) is 0 Å². The van der Waals surface area contributed by atoms with Gasteiger partial charge in [-0.15, -0.1) is 0 Å². The van der Waals surface area contributed by atoms with E-state index in [2.05, 4.69) is 11.4 Å². The summed E-state index contributed by atoms with van der Waals surface area (Å²) in [6, 6.07) is 5.23. The van der Waals surface area contributed by atoms with Gasteiger partial charge in [-0.2, -0.15) is 4.31 Å². The van der Waals surface area contributed by atoms with E-state index in [1.165, 1.54) is 11.4 Å². The summed E-state index contributed by atoms with van der Waals surface area (Å²) in [6.45, 7) is 3.59. The first-order valence-corrected chi connectivity index (χ1v) is 8.40. The van der Waals surface area contributed by atoms with Crippen molar-refractivity contribution in [2.45, 2.75) is 24.8 Å². The number of ether oxygens (including phenoxy) is 1. The Bertz CT molecular complexity index is 638. The quantitative estimate of drug-likeness (QED) is 0.842. The number of hydrogen-bond acceptors (Lipinski definition) is 4. The highest BCUT2D eigenvalue weighted by molar-refractivity contribution is 7.89. The van der Waals surface area contributed by atoms with Crippen LogP contribution >= 0.6 is 0 Å². The maximum Gasteiger partial charge on any atom is 0.247 e. The van der Waals surface area contributed by atoms with Crippen molar-refractivity contribution in [2.75, 3.05) is 27.2 Å². The second-order valence-corrected chi connectivity index (χ2v) is 7.10.